The zero-order chi connectivity index (χ0) is 13.0. The van der Waals surface area contributed by atoms with Crippen LogP contribution in [0.15, 0.2) is 0 Å². The van der Waals surface area contributed by atoms with Gasteiger partial charge in [-0.1, -0.05) is 0 Å². The van der Waals surface area contributed by atoms with Crippen molar-refractivity contribution in [3.05, 3.63) is 0 Å². The number of hydrogen-bond donors (Lipinski definition) is 2. The lowest BCUT2D eigenvalue weighted by Crippen LogP contribution is -2.42. The number of rotatable bonds is 7. The summed E-state index contributed by atoms with van der Waals surface area (Å²) in [5, 5.41) is 0. The predicted molar refractivity (Wildman–Crippen MR) is 59.1 cm³/mol. The Morgan fingerprint density at radius 3 is 1.94 bits per heavy atom. The van der Waals surface area contributed by atoms with Gasteiger partial charge in [-0.25, -0.2) is 0 Å². The van der Waals surface area contributed by atoms with Crippen LogP contribution in [0.25, 0.3) is 0 Å². The molecule has 0 radical (unpaired) electrons. The molecule has 0 rings (SSSR count). The molecule has 1 atom stereocenters. The maximum Gasteiger partial charge on any atom is 0.387 e. The van der Waals surface area contributed by atoms with Gasteiger partial charge in [0.15, 0.2) is 0 Å². The molecular formula is C9H21O6P. The molecule has 16 heavy (non-hydrogen) atoms. The third-order valence-corrected chi connectivity index (χ3v) is 3.09. The van der Waals surface area contributed by atoms with Gasteiger partial charge in [0, 0.05) is 7.11 Å². The molecule has 6 nitrogen and oxygen atoms in total. The molecular weight excluding hydrogens is 235 g/mol. The summed E-state index contributed by atoms with van der Waals surface area (Å²) < 4.78 is 26.6. The van der Waals surface area contributed by atoms with E-state index in [1.54, 1.807) is 27.7 Å². The van der Waals surface area contributed by atoms with Gasteiger partial charge in [0.05, 0.1) is 12.2 Å². The topological polar surface area (TPSA) is 85.2 Å². The summed E-state index contributed by atoms with van der Waals surface area (Å²) in [6.45, 7) is 6.53. The molecule has 0 spiro atoms. The second-order valence-corrected chi connectivity index (χ2v) is 5.76. The minimum Gasteiger partial charge on any atom is -0.372 e. The van der Waals surface area contributed by atoms with Gasteiger partial charge in [0.2, 0.25) is 0 Å². The van der Waals surface area contributed by atoms with Gasteiger partial charge in [-0.15, -0.1) is 0 Å². The van der Waals surface area contributed by atoms with Crippen molar-refractivity contribution < 1.29 is 28.6 Å². The van der Waals surface area contributed by atoms with Crippen LogP contribution in [0.1, 0.15) is 27.7 Å². The normalized spacial score (nSPS) is 16.8. The first-order valence-electron chi connectivity index (χ1n) is 5.05. The summed E-state index contributed by atoms with van der Waals surface area (Å²) in [5.41, 5.74) is -2.02. The summed E-state index contributed by atoms with van der Waals surface area (Å²) in [7, 11) is -3.40. The summed E-state index contributed by atoms with van der Waals surface area (Å²) in [5.74, 6) is 0. The van der Waals surface area contributed by atoms with Crippen LogP contribution in [-0.4, -0.2) is 41.2 Å². The molecule has 7 heteroatoms. The standard InChI is InChI=1S/C9H21O6P/c1-7(2)14-6-9(13-5,15-8(3)4)16(10,11)12/h7-8H,6H2,1-5H3,(H2,10,11,12). The Balaban J connectivity index is 4.90. The van der Waals surface area contributed by atoms with Crippen molar-refractivity contribution in [1.82, 2.24) is 0 Å². The highest BCUT2D eigenvalue weighted by Gasteiger charge is 2.50. The molecule has 98 valence electrons. The van der Waals surface area contributed by atoms with Gasteiger partial charge < -0.3 is 24.0 Å². The maximum atomic E-state index is 11.4. The van der Waals surface area contributed by atoms with Crippen molar-refractivity contribution in [2.24, 2.45) is 0 Å². The van der Waals surface area contributed by atoms with Gasteiger partial charge in [0.1, 0.15) is 6.61 Å². The molecule has 0 aromatic heterocycles. The fourth-order valence-electron chi connectivity index (χ4n) is 1.05. The van der Waals surface area contributed by atoms with Gasteiger partial charge in [-0.05, 0) is 27.7 Å². The van der Waals surface area contributed by atoms with Crippen molar-refractivity contribution in [2.45, 2.75) is 45.4 Å². The van der Waals surface area contributed by atoms with Crippen LogP contribution in [0.4, 0.5) is 0 Å². The van der Waals surface area contributed by atoms with Crippen LogP contribution in [0.2, 0.25) is 0 Å². The molecule has 0 amide bonds. The van der Waals surface area contributed by atoms with Gasteiger partial charge in [0.25, 0.3) is 5.53 Å². The quantitative estimate of drug-likeness (QED) is 0.527. The van der Waals surface area contributed by atoms with E-state index in [1.165, 1.54) is 7.11 Å². The summed E-state index contributed by atoms with van der Waals surface area (Å²) in [6, 6.07) is 0. The third kappa shape index (κ3) is 4.49. The van der Waals surface area contributed by atoms with E-state index in [0.717, 1.165) is 0 Å². The van der Waals surface area contributed by atoms with Crippen molar-refractivity contribution >= 4 is 7.60 Å². The van der Waals surface area contributed by atoms with Crippen molar-refractivity contribution in [1.29, 1.82) is 0 Å². The highest BCUT2D eigenvalue weighted by molar-refractivity contribution is 7.53. The Bertz CT molecular complexity index is 248. The first-order chi connectivity index (χ1) is 7.14. The molecule has 0 aromatic carbocycles. The number of hydrogen-bond acceptors (Lipinski definition) is 4. The lowest BCUT2D eigenvalue weighted by molar-refractivity contribution is -0.223. The maximum absolute atomic E-state index is 11.4. The fourth-order valence-corrected chi connectivity index (χ4v) is 1.88. The Labute approximate surface area is 96.1 Å². The van der Waals surface area contributed by atoms with Crippen molar-refractivity contribution in [3.8, 4) is 0 Å². The summed E-state index contributed by atoms with van der Waals surface area (Å²) in [4.78, 5) is 18.5. The zero-order valence-corrected chi connectivity index (χ0v) is 11.2. The predicted octanol–water partition coefficient (Wildman–Crippen LogP) is 1.31. The lowest BCUT2D eigenvalue weighted by Gasteiger charge is -2.34. The SMILES string of the molecule is COC(COC(C)C)(OC(C)C)P(=O)(O)O. The van der Waals surface area contributed by atoms with Crippen LogP contribution in [0.3, 0.4) is 0 Å². The van der Waals surface area contributed by atoms with E-state index in [-0.39, 0.29) is 18.8 Å². The monoisotopic (exact) mass is 256 g/mol. The zero-order valence-electron chi connectivity index (χ0n) is 10.3. The molecule has 2 N–H and O–H groups in total. The molecule has 0 saturated carbocycles. The highest BCUT2D eigenvalue weighted by atomic mass is 31.2. The van der Waals surface area contributed by atoms with Crippen LogP contribution >= 0.6 is 7.60 Å². The molecule has 0 aliphatic heterocycles. The van der Waals surface area contributed by atoms with E-state index in [4.69, 9.17) is 14.2 Å². The molecule has 0 aliphatic carbocycles. The average Bonchev–Trinajstić information content (AvgIpc) is 2.09. The lowest BCUT2D eigenvalue weighted by atomic mass is 10.4. The highest BCUT2D eigenvalue weighted by Crippen LogP contribution is 2.52. The minimum atomic E-state index is -4.59. The first-order valence-corrected chi connectivity index (χ1v) is 6.66. The Kier molecular flexibility index (Phi) is 6.11. The van der Waals surface area contributed by atoms with Gasteiger partial charge in [-0.3, -0.25) is 4.57 Å². The average molecular weight is 256 g/mol. The fraction of sp³-hybridized carbons (Fsp3) is 1.00. The van der Waals surface area contributed by atoms with E-state index in [0.29, 0.717) is 0 Å². The minimum absolute atomic E-state index is 0.170. The summed E-state index contributed by atoms with van der Waals surface area (Å²) >= 11 is 0. The smallest absolute Gasteiger partial charge is 0.372 e. The van der Waals surface area contributed by atoms with Crippen LogP contribution in [0.5, 0.6) is 0 Å². The number of ether oxygens (including phenoxy) is 3. The van der Waals surface area contributed by atoms with Gasteiger partial charge in [-0.2, -0.15) is 0 Å². The van der Waals surface area contributed by atoms with Crippen LogP contribution < -0.4 is 0 Å². The second-order valence-electron chi connectivity index (χ2n) is 3.99. The van der Waals surface area contributed by atoms with Crippen molar-refractivity contribution in [3.63, 3.8) is 0 Å². The Morgan fingerprint density at radius 2 is 1.69 bits per heavy atom. The van der Waals surface area contributed by atoms with Crippen LogP contribution in [0, 0.1) is 0 Å². The van der Waals surface area contributed by atoms with E-state index in [2.05, 4.69) is 0 Å². The Morgan fingerprint density at radius 1 is 1.19 bits per heavy atom. The molecule has 0 bridgehead atoms. The molecule has 0 aliphatic rings. The molecule has 1 unspecified atom stereocenters. The van der Waals surface area contributed by atoms with E-state index in [1.807, 2.05) is 0 Å². The summed E-state index contributed by atoms with van der Waals surface area (Å²) in [6.07, 6.45) is -0.555. The van der Waals surface area contributed by atoms with E-state index in [9.17, 15) is 14.4 Å². The second kappa shape index (κ2) is 6.10. The van der Waals surface area contributed by atoms with Crippen LogP contribution in [-0.2, 0) is 18.8 Å². The molecule has 0 saturated heterocycles. The number of methoxy groups -OCH3 is 1. The van der Waals surface area contributed by atoms with Gasteiger partial charge >= 0.3 is 7.60 Å². The van der Waals surface area contributed by atoms with Crippen molar-refractivity contribution in [2.75, 3.05) is 13.7 Å². The molecule has 0 aromatic rings. The van der Waals surface area contributed by atoms with E-state index < -0.39 is 13.1 Å². The molecule has 0 fully saturated rings. The largest absolute Gasteiger partial charge is 0.387 e. The molecule has 0 heterocycles. The first kappa shape index (κ1) is 16.0. The third-order valence-electron chi connectivity index (χ3n) is 1.78. The Hall–Kier alpha value is 0.0300. The van der Waals surface area contributed by atoms with E-state index >= 15 is 0 Å².